The number of carboxylic acids is 1. The molecule has 2 rings (SSSR count). The Morgan fingerprint density at radius 2 is 2.19 bits per heavy atom. The number of nitrogens with zero attached hydrogens (tertiary/aromatic N) is 1. The summed E-state index contributed by atoms with van der Waals surface area (Å²) in [5, 5.41) is 12.4. The summed E-state index contributed by atoms with van der Waals surface area (Å²) in [5.41, 5.74) is 1.56. The third-order valence-electron chi connectivity index (χ3n) is 3.80. The van der Waals surface area contributed by atoms with Gasteiger partial charge in [-0.2, -0.15) is 0 Å². The van der Waals surface area contributed by atoms with Crippen LogP contribution in [0.5, 0.6) is 0 Å². The van der Waals surface area contributed by atoms with E-state index in [1.54, 1.807) is 17.0 Å². The summed E-state index contributed by atoms with van der Waals surface area (Å²) in [7, 11) is 0. The van der Waals surface area contributed by atoms with Gasteiger partial charge in [0.1, 0.15) is 6.04 Å². The van der Waals surface area contributed by atoms with Gasteiger partial charge in [0.25, 0.3) is 0 Å². The molecule has 1 saturated heterocycles. The second-order valence-electron chi connectivity index (χ2n) is 5.55. The molecular formula is C15H19ClN2O3. The molecule has 5 nitrogen and oxygen atoms in total. The summed E-state index contributed by atoms with van der Waals surface area (Å²) < 4.78 is 0. The van der Waals surface area contributed by atoms with Crippen LogP contribution in [0.25, 0.3) is 0 Å². The van der Waals surface area contributed by atoms with Gasteiger partial charge in [0, 0.05) is 0 Å². The Balaban J connectivity index is 2.00. The van der Waals surface area contributed by atoms with Gasteiger partial charge in [-0.05, 0) is 43.5 Å². The fourth-order valence-electron chi connectivity index (χ4n) is 2.70. The van der Waals surface area contributed by atoms with Crippen LogP contribution in [-0.2, 0) is 9.59 Å². The van der Waals surface area contributed by atoms with Gasteiger partial charge in [-0.1, -0.05) is 24.6 Å². The average molecular weight is 311 g/mol. The summed E-state index contributed by atoms with van der Waals surface area (Å²) >= 11 is 6.07. The van der Waals surface area contributed by atoms with Crippen molar-refractivity contribution in [3.63, 3.8) is 0 Å². The van der Waals surface area contributed by atoms with Crippen LogP contribution in [0, 0.1) is 12.8 Å². The van der Waals surface area contributed by atoms with Crippen LogP contribution in [-0.4, -0.2) is 41.0 Å². The van der Waals surface area contributed by atoms with Crippen molar-refractivity contribution in [1.29, 1.82) is 0 Å². The fraction of sp³-hybridized carbons (Fsp3) is 0.467. The Kier molecular flexibility index (Phi) is 4.85. The summed E-state index contributed by atoms with van der Waals surface area (Å²) in [4.78, 5) is 25.0. The number of hydrogen-bond acceptors (Lipinski definition) is 3. The molecule has 1 aliphatic heterocycles. The maximum absolute atomic E-state index is 12.1. The average Bonchev–Trinajstić information content (AvgIpc) is 2.74. The van der Waals surface area contributed by atoms with E-state index < -0.39 is 12.0 Å². The van der Waals surface area contributed by atoms with Gasteiger partial charge >= 0.3 is 5.97 Å². The van der Waals surface area contributed by atoms with E-state index >= 15 is 0 Å². The zero-order valence-electron chi connectivity index (χ0n) is 12.1. The van der Waals surface area contributed by atoms with Crippen LogP contribution in [0.4, 0.5) is 5.69 Å². The van der Waals surface area contributed by atoms with E-state index in [9.17, 15) is 14.7 Å². The van der Waals surface area contributed by atoms with Crippen LogP contribution in [0.3, 0.4) is 0 Å². The Labute approximate surface area is 128 Å². The molecule has 2 N–H and O–H groups in total. The molecule has 0 spiro atoms. The molecule has 114 valence electrons. The number of aryl methyl sites for hydroxylation is 1. The number of rotatable bonds is 4. The van der Waals surface area contributed by atoms with E-state index in [0.29, 0.717) is 17.3 Å². The van der Waals surface area contributed by atoms with Crippen molar-refractivity contribution in [2.24, 2.45) is 5.92 Å². The first kappa shape index (κ1) is 15.8. The number of nitrogens with one attached hydrogen (secondary N) is 1. The van der Waals surface area contributed by atoms with Gasteiger partial charge in [-0.3, -0.25) is 14.5 Å². The number of carbonyl (C=O) groups excluding carboxylic acids is 1. The first-order valence-corrected chi connectivity index (χ1v) is 7.29. The molecule has 0 saturated carbocycles. The Hall–Kier alpha value is -1.59. The number of amides is 1. The van der Waals surface area contributed by atoms with Gasteiger partial charge < -0.3 is 10.4 Å². The lowest BCUT2D eigenvalue weighted by Crippen LogP contribution is -2.43. The Morgan fingerprint density at radius 1 is 1.48 bits per heavy atom. The van der Waals surface area contributed by atoms with Crippen molar-refractivity contribution < 1.29 is 14.7 Å². The molecule has 0 aromatic heterocycles. The fourth-order valence-corrected chi connectivity index (χ4v) is 2.98. The van der Waals surface area contributed by atoms with Crippen LogP contribution < -0.4 is 5.32 Å². The van der Waals surface area contributed by atoms with Crippen molar-refractivity contribution in [2.75, 3.05) is 18.4 Å². The van der Waals surface area contributed by atoms with Gasteiger partial charge in [-0.25, -0.2) is 0 Å². The van der Waals surface area contributed by atoms with Crippen molar-refractivity contribution in [1.82, 2.24) is 4.90 Å². The minimum Gasteiger partial charge on any atom is -0.480 e. The molecule has 0 bridgehead atoms. The van der Waals surface area contributed by atoms with E-state index in [4.69, 9.17) is 11.6 Å². The molecule has 1 fully saturated rings. The second-order valence-corrected chi connectivity index (χ2v) is 5.96. The molecule has 6 heteroatoms. The highest BCUT2D eigenvalue weighted by Crippen LogP contribution is 2.25. The normalized spacial score (nSPS) is 22.2. The molecule has 1 aliphatic rings. The van der Waals surface area contributed by atoms with Crippen molar-refractivity contribution in [3.8, 4) is 0 Å². The molecular weight excluding hydrogens is 292 g/mol. The SMILES string of the molecule is Cc1ccc(NC(=O)CN2CCC(C)C2C(=O)O)c(Cl)c1. The highest BCUT2D eigenvalue weighted by atomic mass is 35.5. The Bertz CT molecular complexity index is 562. The lowest BCUT2D eigenvalue weighted by Gasteiger charge is -2.22. The minimum absolute atomic E-state index is 0.0539. The molecule has 1 heterocycles. The third-order valence-corrected chi connectivity index (χ3v) is 4.12. The van der Waals surface area contributed by atoms with E-state index in [2.05, 4.69) is 5.32 Å². The number of carbonyl (C=O) groups is 2. The van der Waals surface area contributed by atoms with Crippen LogP contribution in [0.1, 0.15) is 18.9 Å². The quantitative estimate of drug-likeness (QED) is 0.896. The summed E-state index contributed by atoms with van der Waals surface area (Å²) in [6.45, 7) is 4.49. The monoisotopic (exact) mass is 310 g/mol. The number of carboxylic acid groups (broad SMARTS) is 1. The van der Waals surface area contributed by atoms with Crippen LogP contribution in [0.15, 0.2) is 18.2 Å². The lowest BCUT2D eigenvalue weighted by atomic mass is 10.0. The van der Waals surface area contributed by atoms with E-state index in [0.717, 1.165) is 12.0 Å². The van der Waals surface area contributed by atoms with Crippen molar-refractivity contribution >= 4 is 29.2 Å². The predicted octanol–water partition coefficient (Wildman–Crippen LogP) is 2.38. The second kappa shape index (κ2) is 6.45. The van der Waals surface area contributed by atoms with Crippen molar-refractivity contribution in [2.45, 2.75) is 26.3 Å². The van der Waals surface area contributed by atoms with E-state index in [1.165, 1.54) is 0 Å². The third kappa shape index (κ3) is 3.74. The lowest BCUT2D eigenvalue weighted by molar-refractivity contribution is -0.143. The molecule has 0 radical (unpaired) electrons. The van der Waals surface area contributed by atoms with Crippen molar-refractivity contribution in [3.05, 3.63) is 28.8 Å². The molecule has 21 heavy (non-hydrogen) atoms. The van der Waals surface area contributed by atoms with Crippen LogP contribution in [0.2, 0.25) is 5.02 Å². The van der Waals surface area contributed by atoms with Gasteiger partial charge in [-0.15, -0.1) is 0 Å². The smallest absolute Gasteiger partial charge is 0.321 e. The highest BCUT2D eigenvalue weighted by molar-refractivity contribution is 6.33. The number of hydrogen-bond donors (Lipinski definition) is 2. The zero-order chi connectivity index (χ0) is 15.6. The molecule has 1 aromatic rings. The number of anilines is 1. The maximum Gasteiger partial charge on any atom is 0.321 e. The summed E-state index contributed by atoms with van der Waals surface area (Å²) in [5.74, 6) is -1.07. The first-order chi connectivity index (χ1) is 9.88. The largest absolute Gasteiger partial charge is 0.480 e. The molecule has 1 amide bonds. The number of benzene rings is 1. The summed E-state index contributed by atoms with van der Waals surface area (Å²) in [6, 6.07) is 4.79. The molecule has 1 aromatic carbocycles. The van der Waals surface area contributed by atoms with E-state index in [1.807, 2.05) is 19.9 Å². The number of aliphatic carboxylic acids is 1. The summed E-state index contributed by atoms with van der Waals surface area (Å²) in [6.07, 6.45) is 0.787. The minimum atomic E-state index is -0.874. The standard InChI is InChI=1S/C15H19ClN2O3/c1-9-3-4-12(11(16)7-9)17-13(19)8-18-6-5-10(2)14(18)15(20)21/h3-4,7,10,14H,5-6,8H2,1-2H3,(H,17,19)(H,20,21). The molecule has 0 aliphatic carbocycles. The number of likely N-dealkylation sites (tertiary alicyclic amines) is 1. The van der Waals surface area contributed by atoms with Gasteiger partial charge in [0.05, 0.1) is 17.3 Å². The maximum atomic E-state index is 12.1. The molecule has 2 atom stereocenters. The van der Waals surface area contributed by atoms with Gasteiger partial charge in [0.2, 0.25) is 5.91 Å². The zero-order valence-corrected chi connectivity index (χ0v) is 12.9. The molecule has 2 unspecified atom stereocenters. The topological polar surface area (TPSA) is 69.6 Å². The van der Waals surface area contributed by atoms with Gasteiger partial charge in [0.15, 0.2) is 0 Å². The predicted molar refractivity (Wildman–Crippen MR) is 81.6 cm³/mol. The number of halogens is 1. The van der Waals surface area contributed by atoms with Crippen LogP contribution >= 0.6 is 11.6 Å². The Morgan fingerprint density at radius 3 is 2.81 bits per heavy atom. The first-order valence-electron chi connectivity index (χ1n) is 6.91. The van der Waals surface area contributed by atoms with E-state index in [-0.39, 0.29) is 18.4 Å². The highest BCUT2D eigenvalue weighted by Gasteiger charge is 2.37.